The first-order valence-corrected chi connectivity index (χ1v) is 11.1. The highest BCUT2D eigenvalue weighted by Crippen LogP contribution is 2.33. The minimum atomic E-state index is -0.806. The summed E-state index contributed by atoms with van der Waals surface area (Å²) in [4.78, 5) is 12.5. The van der Waals surface area contributed by atoms with Gasteiger partial charge in [-0.2, -0.15) is 0 Å². The summed E-state index contributed by atoms with van der Waals surface area (Å²) in [5.41, 5.74) is 1.32. The number of amides is 1. The molecule has 1 heterocycles. The van der Waals surface area contributed by atoms with E-state index in [-0.39, 0.29) is 35.4 Å². The average molecular weight is 458 g/mol. The highest BCUT2D eigenvalue weighted by Gasteiger charge is 2.23. The monoisotopic (exact) mass is 457 g/mol. The lowest BCUT2D eigenvalue weighted by Crippen LogP contribution is -2.30. The van der Waals surface area contributed by atoms with Crippen LogP contribution in [0.2, 0.25) is 0 Å². The number of rotatable bonds is 1. The first kappa shape index (κ1) is 26.4. The molecule has 180 valence electrons. The maximum absolute atomic E-state index is 12.5. The van der Waals surface area contributed by atoms with E-state index in [9.17, 15) is 25.2 Å². The van der Waals surface area contributed by atoms with Crippen LogP contribution in [-0.2, 0) is 16.0 Å². The zero-order chi connectivity index (χ0) is 24.4. The van der Waals surface area contributed by atoms with Gasteiger partial charge in [-0.15, -0.1) is 0 Å². The number of hydrogen-bond donors (Lipinski definition) is 5. The summed E-state index contributed by atoms with van der Waals surface area (Å²) in [5.74, 6) is -0.909. The number of ether oxygens (including phenoxy) is 1. The summed E-state index contributed by atoms with van der Waals surface area (Å²) < 4.78 is 5.33. The number of carbonyl (C=O) groups excluding carboxylic acids is 1. The quantitative estimate of drug-likeness (QED) is 0.249. The molecule has 1 aromatic rings. The molecule has 0 saturated heterocycles. The molecule has 0 aliphatic carbocycles. The standard InChI is InChI=1S/C26H35NO6/c1-17-10-9-11-19-14-20(28)15-22(26(19)32)27-24(30)16-21(33-3)12-7-5-4-6-8-13-23(29)18(2)25(17)31/h4-8,10,12,14-15,18,21,23,25,28-29,31-32H,9,11,13,16H2,1-3H3,(H,27,30)/b5-4-,8-6-,12-7-,17-10-/t18-,21-,23-,25-/m0/s1. The molecule has 1 aliphatic rings. The Labute approximate surface area is 195 Å². The second kappa shape index (κ2) is 13.0. The molecule has 4 atom stereocenters. The second-order valence-corrected chi connectivity index (χ2v) is 8.32. The third kappa shape index (κ3) is 8.20. The number of hydrogen-bond acceptors (Lipinski definition) is 6. The Morgan fingerprint density at radius 1 is 1.09 bits per heavy atom. The Morgan fingerprint density at radius 3 is 2.55 bits per heavy atom. The van der Waals surface area contributed by atoms with Crippen molar-refractivity contribution in [3.05, 3.63) is 65.8 Å². The first-order valence-electron chi connectivity index (χ1n) is 11.1. The van der Waals surface area contributed by atoms with E-state index in [1.54, 1.807) is 38.2 Å². The van der Waals surface area contributed by atoms with Crippen molar-refractivity contribution in [2.75, 3.05) is 12.4 Å². The van der Waals surface area contributed by atoms with Gasteiger partial charge >= 0.3 is 0 Å². The summed E-state index contributed by atoms with van der Waals surface area (Å²) in [6.07, 6.45) is 11.9. The molecular weight excluding hydrogens is 422 g/mol. The molecule has 7 nitrogen and oxygen atoms in total. The van der Waals surface area contributed by atoms with Gasteiger partial charge in [0.25, 0.3) is 0 Å². The minimum Gasteiger partial charge on any atom is -0.508 e. The predicted octanol–water partition coefficient (Wildman–Crippen LogP) is 3.75. The molecule has 7 heteroatoms. The van der Waals surface area contributed by atoms with Gasteiger partial charge in [0.05, 0.1) is 30.4 Å². The topological polar surface area (TPSA) is 119 Å². The maximum Gasteiger partial charge on any atom is 0.227 e. The Hall–Kier alpha value is -2.87. The van der Waals surface area contributed by atoms with Gasteiger partial charge in [-0.25, -0.2) is 0 Å². The number of benzene rings is 1. The number of phenols is 2. The number of phenolic OH excluding ortho intramolecular Hbond substituents is 2. The van der Waals surface area contributed by atoms with Crippen LogP contribution in [0.1, 0.15) is 38.7 Å². The van der Waals surface area contributed by atoms with E-state index < -0.39 is 18.3 Å². The van der Waals surface area contributed by atoms with E-state index in [1.807, 2.05) is 18.2 Å². The number of carbonyl (C=O) groups is 1. The predicted molar refractivity (Wildman–Crippen MR) is 129 cm³/mol. The molecule has 2 rings (SSSR count). The van der Waals surface area contributed by atoms with E-state index in [0.717, 1.165) is 5.57 Å². The van der Waals surface area contributed by atoms with Crippen LogP contribution in [0.25, 0.3) is 0 Å². The third-order valence-corrected chi connectivity index (χ3v) is 5.76. The molecule has 0 spiro atoms. The van der Waals surface area contributed by atoms with Gasteiger partial charge in [0.2, 0.25) is 5.91 Å². The Bertz CT molecular complexity index is 918. The molecule has 0 saturated carbocycles. The van der Waals surface area contributed by atoms with Crippen LogP contribution in [0.5, 0.6) is 11.5 Å². The number of fused-ring (bicyclic) bond motifs is 2. The van der Waals surface area contributed by atoms with Crippen molar-refractivity contribution < 1.29 is 30.0 Å². The number of aliphatic hydroxyl groups is 2. The van der Waals surface area contributed by atoms with Crippen molar-refractivity contribution in [2.45, 2.75) is 57.8 Å². The summed E-state index contributed by atoms with van der Waals surface area (Å²) in [6, 6.07) is 2.75. The van der Waals surface area contributed by atoms with Crippen molar-refractivity contribution >= 4 is 11.6 Å². The number of aryl methyl sites for hydroxylation is 1. The normalized spacial score (nSPS) is 30.2. The number of allylic oxidation sites excluding steroid dienone is 5. The number of methoxy groups -OCH3 is 1. The van der Waals surface area contributed by atoms with Crippen LogP contribution in [0.3, 0.4) is 0 Å². The molecule has 0 fully saturated rings. The van der Waals surface area contributed by atoms with Gasteiger partial charge in [0.15, 0.2) is 0 Å². The molecule has 0 unspecified atom stereocenters. The SMILES string of the molecule is CO[C@H]1\C=C/C=C\C=C/C[C@H](O)[C@H](C)[C@@H](O)/C(C)=C\CCc2cc(O)cc(c2O)NC(=O)C1. The molecule has 5 N–H and O–H groups in total. The fourth-order valence-electron chi connectivity index (χ4n) is 3.61. The van der Waals surface area contributed by atoms with E-state index >= 15 is 0 Å². The zero-order valence-corrected chi connectivity index (χ0v) is 19.4. The van der Waals surface area contributed by atoms with Crippen LogP contribution >= 0.6 is 0 Å². The highest BCUT2D eigenvalue weighted by atomic mass is 16.5. The summed E-state index contributed by atoms with van der Waals surface area (Å²) in [5, 5.41) is 44.3. The van der Waals surface area contributed by atoms with Crippen LogP contribution in [-0.4, -0.2) is 51.8 Å². The van der Waals surface area contributed by atoms with Crippen LogP contribution < -0.4 is 5.32 Å². The van der Waals surface area contributed by atoms with Gasteiger partial charge in [-0.1, -0.05) is 49.5 Å². The van der Waals surface area contributed by atoms with Crippen molar-refractivity contribution in [1.29, 1.82) is 0 Å². The van der Waals surface area contributed by atoms with Crippen molar-refractivity contribution in [3.8, 4) is 11.5 Å². The first-order chi connectivity index (χ1) is 15.7. The second-order valence-electron chi connectivity index (χ2n) is 8.32. The highest BCUT2D eigenvalue weighted by molar-refractivity contribution is 5.93. The molecule has 1 amide bonds. The minimum absolute atomic E-state index is 0.0327. The van der Waals surface area contributed by atoms with Crippen LogP contribution in [0.4, 0.5) is 5.69 Å². The van der Waals surface area contributed by atoms with Gasteiger partial charge in [-0.3, -0.25) is 4.79 Å². The fourth-order valence-corrected chi connectivity index (χ4v) is 3.61. The van der Waals surface area contributed by atoms with Gasteiger partial charge < -0.3 is 30.5 Å². The van der Waals surface area contributed by atoms with Gasteiger partial charge in [0, 0.05) is 19.1 Å². The lowest BCUT2D eigenvalue weighted by molar-refractivity contribution is -0.117. The van der Waals surface area contributed by atoms with E-state index in [0.29, 0.717) is 24.8 Å². The number of nitrogens with one attached hydrogen (secondary N) is 1. The summed E-state index contributed by atoms with van der Waals surface area (Å²) >= 11 is 0. The summed E-state index contributed by atoms with van der Waals surface area (Å²) in [6.45, 7) is 3.60. The molecule has 0 radical (unpaired) electrons. The number of anilines is 1. The van der Waals surface area contributed by atoms with Crippen LogP contribution in [0, 0.1) is 5.92 Å². The largest absolute Gasteiger partial charge is 0.508 e. The number of aromatic hydroxyl groups is 2. The number of aliphatic hydroxyl groups excluding tert-OH is 2. The Kier molecular flexibility index (Phi) is 10.4. The lowest BCUT2D eigenvalue weighted by atomic mass is 9.90. The molecule has 2 bridgehead atoms. The van der Waals surface area contributed by atoms with Crippen molar-refractivity contribution in [3.63, 3.8) is 0 Å². The Morgan fingerprint density at radius 2 is 1.82 bits per heavy atom. The molecule has 1 aliphatic heterocycles. The zero-order valence-electron chi connectivity index (χ0n) is 19.4. The smallest absolute Gasteiger partial charge is 0.227 e. The lowest BCUT2D eigenvalue weighted by Gasteiger charge is -2.24. The maximum atomic E-state index is 12.5. The fraction of sp³-hybridized carbons (Fsp3) is 0.423. The van der Waals surface area contributed by atoms with Crippen molar-refractivity contribution in [2.24, 2.45) is 5.92 Å². The molecule has 0 aromatic heterocycles. The van der Waals surface area contributed by atoms with Crippen molar-refractivity contribution in [1.82, 2.24) is 0 Å². The molecule has 33 heavy (non-hydrogen) atoms. The van der Waals surface area contributed by atoms with Gasteiger partial charge in [0.1, 0.15) is 11.5 Å². The molecule has 1 aromatic carbocycles. The van der Waals surface area contributed by atoms with E-state index in [2.05, 4.69) is 5.32 Å². The van der Waals surface area contributed by atoms with Crippen LogP contribution in [0.15, 0.2) is 60.2 Å². The van der Waals surface area contributed by atoms with E-state index in [4.69, 9.17) is 4.74 Å². The Balaban J connectivity index is 2.32. The average Bonchev–Trinajstić information content (AvgIpc) is 2.78. The molecular formula is C26H35NO6. The summed E-state index contributed by atoms with van der Waals surface area (Å²) in [7, 11) is 1.50. The van der Waals surface area contributed by atoms with Gasteiger partial charge in [-0.05, 0) is 43.4 Å². The van der Waals surface area contributed by atoms with E-state index in [1.165, 1.54) is 19.2 Å². The third-order valence-electron chi connectivity index (χ3n) is 5.76.